The first-order chi connectivity index (χ1) is 5.61. The van der Waals surface area contributed by atoms with Gasteiger partial charge in [0.25, 0.3) is 0 Å². The molecule has 0 aromatic carbocycles. The van der Waals surface area contributed by atoms with Crippen LogP contribution in [-0.2, 0) is 14.3 Å². The van der Waals surface area contributed by atoms with Gasteiger partial charge in [-0.25, -0.2) is 4.79 Å². The lowest BCUT2D eigenvalue weighted by atomic mass is 10.1. The first-order valence-electron chi connectivity index (χ1n) is 3.98. The Morgan fingerprint density at radius 2 is 2.08 bits per heavy atom. The van der Waals surface area contributed by atoms with Crippen molar-refractivity contribution in [3.05, 3.63) is 0 Å². The van der Waals surface area contributed by atoms with Gasteiger partial charge in [0.05, 0.1) is 7.11 Å². The molecule has 0 rings (SSSR count). The molecule has 1 unspecified atom stereocenters. The van der Waals surface area contributed by atoms with E-state index < -0.39 is 11.9 Å². The predicted molar refractivity (Wildman–Crippen MR) is 44.5 cm³/mol. The molecule has 0 aromatic heterocycles. The second-order valence-electron chi connectivity index (χ2n) is 2.72. The second-order valence-corrected chi connectivity index (χ2v) is 2.72. The highest BCUT2D eigenvalue weighted by Crippen LogP contribution is 1.96. The lowest BCUT2D eigenvalue weighted by molar-refractivity contribution is -0.152. The maximum absolute atomic E-state index is 10.8. The molecule has 0 aromatic rings. The molecule has 0 fully saturated rings. The SMILES string of the molecule is CCC(C)CNC(=O)C(=O)OC. The normalized spacial score (nSPS) is 11.9. The van der Waals surface area contributed by atoms with Gasteiger partial charge < -0.3 is 10.1 Å². The molecule has 12 heavy (non-hydrogen) atoms. The first kappa shape index (κ1) is 10.9. The number of rotatable bonds is 3. The molecule has 0 spiro atoms. The van der Waals surface area contributed by atoms with E-state index in [0.717, 1.165) is 6.42 Å². The molecule has 0 radical (unpaired) electrons. The van der Waals surface area contributed by atoms with Gasteiger partial charge in [-0.15, -0.1) is 0 Å². The van der Waals surface area contributed by atoms with Crippen LogP contribution in [0.5, 0.6) is 0 Å². The van der Waals surface area contributed by atoms with Crippen molar-refractivity contribution in [2.75, 3.05) is 13.7 Å². The summed E-state index contributed by atoms with van der Waals surface area (Å²) in [4.78, 5) is 21.4. The van der Waals surface area contributed by atoms with Gasteiger partial charge in [-0.3, -0.25) is 4.79 Å². The Labute approximate surface area is 72.3 Å². The molecular weight excluding hydrogens is 158 g/mol. The first-order valence-corrected chi connectivity index (χ1v) is 3.98. The topological polar surface area (TPSA) is 55.4 Å². The van der Waals surface area contributed by atoms with Crippen LogP contribution in [0.2, 0.25) is 0 Å². The minimum Gasteiger partial charge on any atom is -0.462 e. The van der Waals surface area contributed by atoms with Crippen LogP contribution >= 0.6 is 0 Å². The third-order valence-electron chi connectivity index (χ3n) is 1.68. The van der Waals surface area contributed by atoms with Crippen LogP contribution in [0.3, 0.4) is 0 Å². The zero-order valence-corrected chi connectivity index (χ0v) is 7.72. The number of carbonyl (C=O) groups excluding carboxylic acids is 2. The lowest BCUT2D eigenvalue weighted by Crippen LogP contribution is -2.34. The average molecular weight is 173 g/mol. The molecule has 70 valence electrons. The van der Waals surface area contributed by atoms with E-state index in [1.807, 2.05) is 13.8 Å². The fourth-order valence-corrected chi connectivity index (χ4v) is 0.576. The Balaban J connectivity index is 3.64. The summed E-state index contributed by atoms with van der Waals surface area (Å²) >= 11 is 0. The molecule has 4 heteroatoms. The van der Waals surface area contributed by atoms with E-state index in [1.54, 1.807) is 0 Å². The zero-order valence-electron chi connectivity index (χ0n) is 7.72. The van der Waals surface area contributed by atoms with Gasteiger partial charge in [0, 0.05) is 6.54 Å². The van der Waals surface area contributed by atoms with Gasteiger partial charge in [-0.05, 0) is 5.92 Å². The van der Waals surface area contributed by atoms with Crippen LogP contribution in [-0.4, -0.2) is 25.5 Å². The Kier molecular flexibility index (Phi) is 5.08. The monoisotopic (exact) mass is 173 g/mol. The smallest absolute Gasteiger partial charge is 0.396 e. The van der Waals surface area contributed by atoms with Gasteiger partial charge in [-0.1, -0.05) is 20.3 Å². The summed E-state index contributed by atoms with van der Waals surface area (Å²) < 4.78 is 4.23. The van der Waals surface area contributed by atoms with Crippen molar-refractivity contribution in [3.63, 3.8) is 0 Å². The molecule has 0 aliphatic heterocycles. The second kappa shape index (κ2) is 5.57. The summed E-state index contributed by atoms with van der Waals surface area (Å²) in [6, 6.07) is 0. The van der Waals surface area contributed by atoms with Crippen molar-refractivity contribution >= 4 is 11.9 Å². The summed E-state index contributed by atoms with van der Waals surface area (Å²) in [5.41, 5.74) is 0. The van der Waals surface area contributed by atoms with Crippen LogP contribution in [0, 0.1) is 5.92 Å². The van der Waals surface area contributed by atoms with Crippen molar-refractivity contribution in [1.82, 2.24) is 5.32 Å². The van der Waals surface area contributed by atoms with Crippen molar-refractivity contribution < 1.29 is 14.3 Å². The molecule has 0 saturated heterocycles. The quantitative estimate of drug-likeness (QED) is 0.494. The standard InChI is InChI=1S/C8H15NO3/c1-4-6(2)5-9-7(10)8(11)12-3/h6H,4-5H2,1-3H3,(H,9,10). The number of nitrogens with one attached hydrogen (secondary N) is 1. The van der Waals surface area contributed by atoms with Gasteiger partial charge in [0.1, 0.15) is 0 Å². The minimum atomic E-state index is -0.835. The molecule has 0 saturated carbocycles. The van der Waals surface area contributed by atoms with Crippen LogP contribution in [0.15, 0.2) is 0 Å². The highest BCUT2D eigenvalue weighted by molar-refractivity contribution is 6.32. The third kappa shape index (κ3) is 3.95. The highest BCUT2D eigenvalue weighted by Gasteiger charge is 2.13. The van der Waals surface area contributed by atoms with E-state index in [2.05, 4.69) is 10.1 Å². The Bertz CT molecular complexity index is 168. The molecule has 0 aliphatic rings. The number of amides is 1. The number of carbonyl (C=O) groups is 2. The maximum atomic E-state index is 10.8. The number of hydrogen-bond acceptors (Lipinski definition) is 3. The van der Waals surface area contributed by atoms with Crippen molar-refractivity contribution in [3.8, 4) is 0 Å². The van der Waals surface area contributed by atoms with Crippen LogP contribution in [0.4, 0.5) is 0 Å². The number of methoxy groups -OCH3 is 1. The summed E-state index contributed by atoms with van der Waals surface area (Å²) in [7, 11) is 1.19. The third-order valence-corrected chi connectivity index (χ3v) is 1.68. The van der Waals surface area contributed by atoms with Gasteiger partial charge >= 0.3 is 11.9 Å². The van der Waals surface area contributed by atoms with Crippen molar-refractivity contribution in [1.29, 1.82) is 0 Å². The fraction of sp³-hybridized carbons (Fsp3) is 0.750. The average Bonchev–Trinajstić information content (AvgIpc) is 2.11. The van der Waals surface area contributed by atoms with E-state index in [9.17, 15) is 9.59 Å². The Hall–Kier alpha value is -1.06. The molecule has 4 nitrogen and oxygen atoms in total. The van der Waals surface area contributed by atoms with E-state index >= 15 is 0 Å². The van der Waals surface area contributed by atoms with E-state index in [-0.39, 0.29) is 0 Å². The molecule has 0 bridgehead atoms. The van der Waals surface area contributed by atoms with Gasteiger partial charge in [0.15, 0.2) is 0 Å². The van der Waals surface area contributed by atoms with Crippen molar-refractivity contribution in [2.45, 2.75) is 20.3 Å². The largest absolute Gasteiger partial charge is 0.462 e. The number of hydrogen-bond donors (Lipinski definition) is 1. The summed E-state index contributed by atoms with van der Waals surface area (Å²) in [5.74, 6) is -1.12. The molecular formula is C8H15NO3. The molecule has 0 heterocycles. The zero-order chi connectivity index (χ0) is 9.56. The number of ether oxygens (including phenoxy) is 1. The lowest BCUT2D eigenvalue weighted by Gasteiger charge is -2.08. The number of esters is 1. The van der Waals surface area contributed by atoms with Crippen LogP contribution in [0.1, 0.15) is 20.3 Å². The van der Waals surface area contributed by atoms with Crippen LogP contribution < -0.4 is 5.32 Å². The molecule has 0 aliphatic carbocycles. The van der Waals surface area contributed by atoms with E-state index in [1.165, 1.54) is 7.11 Å². The van der Waals surface area contributed by atoms with Crippen LogP contribution in [0.25, 0.3) is 0 Å². The predicted octanol–water partition coefficient (Wildman–Crippen LogP) is 0.322. The fourth-order valence-electron chi connectivity index (χ4n) is 0.576. The van der Waals surface area contributed by atoms with Gasteiger partial charge in [-0.2, -0.15) is 0 Å². The summed E-state index contributed by atoms with van der Waals surface area (Å²) in [5, 5.41) is 2.47. The Morgan fingerprint density at radius 1 is 1.50 bits per heavy atom. The Morgan fingerprint density at radius 3 is 2.50 bits per heavy atom. The highest BCUT2D eigenvalue weighted by atomic mass is 16.5. The summed E-state index contributed by atoms with van der Waals surface area (Å²) in [6.45, 7) is 4.54. The van der Waals surface area contributed by atoms with E-state index in [4.69, 9.17) is 0 Å². The molecule has 1 amide bonds. The molecule has 1 N–H and O–H groups in total. The van der Waals surface area contributed by atoms with E-state index in [0.29, 0.717) is 12.5 Å². The van der Waals surface area contributed by atoms with Gasteiger partial charge in [0.2, 0.25) is 0 Å². The maximum Gasteiger partial charge on any atom is 0.396 e. The van der Waals surface area contributed by atoms with Crippen molar-refractivity contribution in [2.24, 2.45) is 5.92 Å². The molecule has 1 atom stereocenters. The minimum absolute atomic E-state index is 0.388. The summed E-state index contributed by atoms with van der Waals surface area (Å²) in [6.07, 6.45) is 0.974.